The predicted molar refractivity (Wildman–Crippen MR) is 157 cm³/mol. The number of esters is 1. The largest absolute Gasteiger partial charge is 0.491 e. The van der Waals surface area contributed by atoms with Gasteiger partial charge in [0, 0.05) is 16.6 Å². The highest BCUT2D eigenvalue weighted by Crippen LogP contribution is 2.38. The summed E-state index contributed by atoms with van der Waals surface area (Å²) in [6.45, 7) is 5.14. The van der Waals surface area contributed by atoms with Crippen molar-refractivity contribution in [2.75, 3.05) is 17.7 Å². The number of nitrogens with zero attached hydrogens (tertiary/aromatic N) is 2. The van der Waals surface area contributed by atoms with Crippen LogP contribution in [0.1, 0.15) is 26.3 Å². The van der Waals surface area contributed by atoms with Gasteiger partial charge in [-0.05, 0) is 69.3 Å². The van der Waals surface area contributed by atoms with E-state index in [1.165, 1.54) is 42.5 Å². The summed E-state index contributed by atoms with van der Waals surface area (Å²) in [5, 5.41) is 2.88. The molecular weight excluding hydrogens is 619 g/mol. The van der Waals surface area contributed by atoms with Gasteiger partial charge in [0.05, 0.1) is 23.1 Å². The number of hydrogen-bond donors (Lipinski definition) is 3. The quantitative estimate of drug-likeness (QED) is 0.157. The third-order valence-electron chi connectivity index (χ3n) is 6.08. The second-order valence-electron chi connectivity index (χ2n) is 9.69. The number of benzene rings is 3. The van der Waals surface area contributed by atoms with Crippen molar-refractivity contribution in [1.82, 2.24) is 14.7 Å². The number of amides is 1. The molecule has 1 unspecified atom stereocenters. The first-order chi connectivity index (χ1) is 21.2. The highest BCUT2D eigenvalue weighted by atomic mass is 32.2. The smallest absolute Gasteiger partial charge is 0.490 e. The lowest BCUT2D eigenvalue weighted by Gasteiger charge is -2.34. The van der Waals surface area contributed by atoms with Crippen LogP contribution in [0.2, 0.25) is 0 Å². The summed E-state index contributed by atoms with van der Waals surface area (Å²) >= 11 is 0. The summed E-state index contributed by atoms with van der Waals surface area (Å²) in [4.78, 5) is 34.1. The molecule has 1 amide bonds. The zero-order valence-electron chi connectivity index (χ0n) is 24.1. The highest BCUT2D eigenvalue weighted by Gasteiger charge is 2.53. The minimum absolute atomic E-state index is 0.0318. The number of ether oxygens (including phenoxy) is 3. The van der Waals surface area contributed by atoms with Gasteiger partial charge in [0.2, 0.25) is 0 Å². The fourth-order valence-corrected chi connectivity index (χ4v) is 5.17. The zero-order valence-corrected chi connectivity index (χ0v) is 24.9. The van der Waals surface area contributed by atoms with Gasteiger partial charge in [0.15, 0.2) is 11.5 Å². The monoisotopic (exact) mass is 647 g/mol. The van der Waals surface area contributed by atoms with E-state index in [0.29, 0.717) is 5.39 Å². The second-order valence-corrected chi connectivity index (χ2v) is 11.4. The van der Waals surface area contributed by atoms with Crippen molar-refractivity contribution in [3.8, 4) is 11.5 Å². The Morgan fingerprint density at radius 1 is 0.978 bits per heavy atom. The summed E-state index contributed by atoms with van der Waals surface area (Å²) in [6.07, 6.45) is -4.81. The Kier molecular flexibility index (Phi) is 9.37. The summed E-state index contributed by atoms with van der Waals surface area (Å²) < 4.78 is 85.6. The van der Waals surface area contributed by atoms with E-state index in [0.717, 1.165) is 30.6 Å². The number of hydrogen-bond acceptors (Lipinski definition) is 11. The molecule has 4 aromatic rings. The molecule has 0 fully saturated rings. The number of carbonyl (C=O) groups excluding carboxylic acids is 2. The first-order valence-electron chi connectivity index (χ1n) is 13.3. The van der Waals surface area contributed by atoms with Gasteiger partial charge >= 0.3 is 18.1 Å². The first kappa shape index (κ1) is 32.8. The van der Waals surface area contributed by atoms with Gasteiger partial charge in [-0.3, -0.25) is 4.79 Å². The molecule has 238 valence electrons. The second kappa shape index (κ2) is 12.9. The Labute approximate surface area is 255 Å². The molecule has 45 heavy (non-hydrogen) atoms. The molecule has 1 atom stereocenters. The lowest BCUT2D eigenvalue weighted by molar-refractivity contribution is -0.213. The maximum atomic E-state index is 14.1. The van der Waals surface area contributed by atoms with Crippen LogP contribution in [0.4, 0.5) is 24.7 Å². The average Bonchev–Trinajstić information content (AvgIpc) is 2.97. The van der Waals surface area contributed by atoms with E-state index < -0.39 is 39.4 Å². The first-order valence-corrected chi connectivity index (χ1v) is 14.8. The highest BCUT2D eigenvalue weighted by molar-refractivity contribution is 7.90. The summed E-state index contributed by atoms with van der Waals surface area (Å²) in [7, 11) is -4.70. The molecule has 1 aromatic heterocycles. The van der Waals surface area contributed by atoms with Crippen LogP contribution >= 0.6 is 0 Å². The van der Waals surface area contributed by atoms with Gasteiger partial charge in [0.1, 0.15) is 12.1 Å². The number of sulfonamides is 1. The summed E-state index contributed by atoms with van der Waals surface area (Å²) in [5.74, 6) is -4.27. The zero-order chi connectivity index (χ0) is 33.0. The van der Waals surface area contributed by atoms with Crippen molar-refractivity contribution in [2.45, 2.75) is 43.7 Å². The number of anilines is 2. The lowest BCUT2D eigenvalue weighted by Crippen LogP contribution is -2.55. The van der Waals surface area contributed by atoms with Gasteiger partial charge in [-0.25, -0.2) is 27.9 Å². The van der Waals surface area contributed by atoms with Crippen molar-refractivity contribution < 1.29 is 45.4 Å². The number of fused-ring (bicyclic) bond motifs is 1. The van der Waals surface area contributed by atoms with E-state index in [4.69, 9.17) is 19.9 Å². The molecule has 3 aromatic carbocycles. The minimum atomic E-state index is -5.60. The van der Waals surface area contributed by atoms with Gasteiger partial charge in [0.25, 0.3) is 15.7 Å². The van der Waals surface area contributed by atoms with E-state index in [1.54, 1.807) is 25.5 Å². The minimum Gasteiger partial charge on any atom is -0.490 e. The number of alkyl halides is 3. The molecule has 0 spiro atoms. The van der Waals surface area contributed by atoms with Crippen LogP contribution in [0.5, 0.6) is 11.5 Å². The fourth-order valence-electron chi connectivity index (χ4n) is 4.15. The van der Waals surface area contributed by atoms with E-state index in [-0.39, 0.29) is 46.1 Å². The van der Waals surface area contributed by atoms with Gasteiger partial charge in [-0.1, -0.05) is 18.2 Å². The normalized spacial score (nSPS) is 13.1. The number of nitrogen functional groups attached to an aromatic ring is 1. The van der Waals surface area contributed by atoms with Crippen LogP contribution < -0.4 is 25.2 Å². The Morgan fingerprint density at radius 3 is 2.33 bits per heavy atom. The van der Waals surface area contributed by atoms with Crippen LogP contribution in [-0.2, 0) is 30.1 Å². The molecule has 4 rings (SSSR count). The number of nitrogens with one attached hydrogen (secondary N) is 2. The molecule has 0 bridgehead atoms. The molecule has 0 saturated heterocycles. The predicted octanol–water partition coefficient (Wildman–Crippen LogP) is 4.27. The molecule has 16 heteroatoms. The van der Waals surface area contributed by atoms with Gasteiger partial charge in [-0.15, -0.1) is 0 Å². The summed E-state index contributed by atoms with van der Waals surface area (Å²) in [6, 6.07) is 14.1. The maximum absolute atomic E-state index is 14.1. The Hall–Kier alpha value is -5.12. The number of rotatable bonds is 11. The Balaban J connectivity index is 1.97. The fraction of sp³-hybridized carbons (Fsp3) is 0.241. The number of halogens is 3. The van der Waals surface area contributed by atoms with Crippen molar-refractivity contribution in [3.05, 3.63) is 78.6 Å². The Morgan fingerprint density at radius 2 is 1.69 bits per heavy atom. The SMILES string of the molecule is CCOc1cc(C(Nc2ccc3c(N)ncnc3c2)(OC(=O)C(F)(F)F)C(=O)NS(=O)(=O)c2ccccc2)ccc1OC(C)C. The molecular formula is C29H28F3N5O7S. The molecule has 0 radical (unpaired) electrons. The van der Waals surface area contributed by atoms with Crippen LogP contribution in [0.15, 0.2) is 78.0 Å². The molecule has 1 heterocycles. The van der Waals surface area contributed by atoms with Crippen molar-refractivity contribution in [2.24, 2.45) is 0 Å². The average molecular weight is 648 g/mol. The van der Waals surface area contributed by atoms with E-state index in [1.807, 2.05) is 0 Å². The van der Waals surface area contributed by atoms with Gasteiger partial charge in [-0.2, -0.15) is 13.2 Å². The van der Waals surface area contributed by atoms with E-state index in [2.05, 4.69) is 15.3 Å². The molecule has 0 saturated carbocycles. The van der Waals surface area contributed by atoms with Crippen molar-refractivity contribution in [1.29, 1.82) is 0 Å². The number of nitrogens with two attached hydrogens (primary N) is 1. The lowest BCUT2D eigenvalue weighted by atomic mass is 9.99. The third-order valence-corrected chi connectivity index (χ3v) is 7.42. The topological polar surface area (TPSA) is 172 Å². The van der Waals surface area contributed by atoms with Crippen molar-refractivity contribution >= 4 is 44.3 Å². The Bertz CT molecular complexity index is 1820. The van der Waals surface area contributed by atoms with Crippen LogP contribution in [-0.4, -0.2) is 49.1 Å². The molecule has 0 aliphatic rings. The molecule has 4 N–H and O–H groups in total. The van der Waals surface area contributed by atoms with Crippen molar-refractivity contribution in [3.63, 3.8) is 0 Å². The van der Waals surface area contributed by atoms with Gasteiger partial charge < -0.3 is 25.3 Å². The van der Waals surface area contributed by atoms with Crippen LogP contribution in [0, 0.1) is 0 Å². The molecule has 0 aliphatic heterocycles. The molecule has 12 nitrogen and oxygen atoms in total. The number of carbonyl (C=O) groups is 2. The van der Waals surface area contributed by atoms with E-state index in [9.17, 15) is 31.2 Å². The standard InChI is InChI=1S/C29H28F3N5O7S/c1-4-42-24-14-18(10-13-23(24)43-17(2)3)28(44-27(39)29(30,31)32,26(38)37-45(40,41)20-8-6-5-7-9-20)36-19-11-12-21-22(15-19)34-16-35-25(21)33/h5-17,36H,4H2,1-3H3,(H,37,38)(H2,33,34,35). The maximum Gasteiger partial charge on any atom is 0.491 e. The number of aromatic nitrogens is 2. The van der Waals surface area contributed by atoms with Crippen LogP contribution in [0.3, 0.4) is 0 Å². The molecule has 0 aliphatic carbocycles. The summed E-state index contributed by atoms with van der Waals surface area (Å²) in [5.41, 5.74) is 2.37. The third kappa shape index (κ3) is 7.34. The van der Waals surface area contributed by atoms with E-state index >= 15 is 0 Å². The van der Waals surface area contributed by atoms with Crippen LogP contribution in [0.25, 0.3) is 10.9 Å².